The molecule has 218 valence electrons. The first kappa shape index (κ1) is 31.4. The molecule has 3 aromatic rings. The van der Waals surface area contributed by atoms with Gasteiger partial charge < -0.3 is 20.1 Å². The Bertz CT molecular complexity index is 1400. The van der Waals surface area contributed by atoms with Crippen LogP contribution in [0.25, 0.3) is 0 Å². The Labute approximate surface area is 243 Å². The van der Waals surface area contributed by atoms with Crippen LogP contribution in [0.3, 0.4) is 0 Å². The molecule has 0 fully saturated rings. The second-order valence-corrected chi connectivity index (χ2v) is 11.5. The SMILES string of the molecule is CCC(C)(C)c1ccc(NC(=O)C(NC(C)=O)Oc2ccc(OC)c(C(=O)c3ccccc3)c2)c(C(C)(C)CC)c1. The lowest BCUT2D eigenvalue weighted by Gasteiger charge is -2.31. The summed E-state index contributed by atoms with van der Waals surface area (Å²) < 4.78 is 11.4. The number of ketones is 1. The van der Waals surface area contributed by atoms with E-state index >= 15 is 0 Å². The highest BCUT2D eigenvalue weighted by Crippen LogP contribution is 2.37. The number of nitrogens with one attached hydrogen (secondary N) is 2. The lowest BCUT2D eigenvalue weighted by atomic mass is 9.76. The molecule has 3 aromatic carbocycles. The predicted octanol–water partition coefficient (Wildman–Crippen LogP) is 6.78. The van der Waals surface area contributed by atoms with E-state index in [1.54, 1.807) is 36.4 Å². The molecule has 1 unspecified atom stereocenters. The molecule has 2 N–H and O–H groups in total. The zero-order chi connectivity index (χ0) is 30.4. The highest BCUT2D eigenvalue weighted by molar-refractivity contribution is 6.11. The highest BCUT2D eigenvalue weighted by atomic mass is 16.5. The average Bonchev–Trinajstić information content (AvgIpc) is 2.96. The largest absolute Gasteiger partial charge is 0.496 e. The molecule has 0 radical (unpaired) electrons. The van der Waals surface area contributed by atoms with Crippen molar-refractivity contribution in [1.29, 1.82) is 0 Å². The Kier molecular flexibility index (Phi) is 9.97. The van der Waals surface area contributed by atoms with Gasteiger partial charge in [0.05, 0.1) is 12.7 Å². The third-order valence-electron chi connectivity index (χ3n) is 7.83. The molecule has 41 heavy (non-hydrogen) atoms. The van der Waals surface area contributed by atoms with Gasteiger partial charge in [-0.25, -0.2) is 0 Å². The molecule has 0 aliphatic rings. The third kappa shape index (κ3) is 7.54. The Morgan fingerprint density at radius 2 is 1.51 bits per heavy atom. The fraction of sp³-hybridized carbons (Fsp3) is 0.382. The van der Waals surface area contributed by atoms with Crippen molar-refractivity contribution in [3.8, 4) is 11.5 Å². The fourth-order valence-electron chi connectivity index (χ4n) is 4.38. The van der Waals surface area contributed by atoms with E-state index < -0.39 is 18.0 Å². The maximum Gasteiger partial charge on any atom is 0.286 e. The minimum absolute atomic E-state index is 0.0216. The summed E-state index contributed by atoms with van der Waals surface area (Å²) in [5.41, 5.74) is 3.39. The van der Waals surface area contributed by atoms with Gasteiger partial charge in [-0.3, -0.25) is 14.4 Å². The van der Waals surface area contributed by atoms with Gasteiger partial charge in [0.15, 0.2) is 5.78 Å². The van der Waals surface area contributed by atoms with E-state index in [0.717, 1.165) is 18.4 Å². The second-order valence-electron chi connectivity index (χ2n) is 11.5. The smallest absolute Gasteiger partial charge is 0.286 e. The van der Waals surface area contributed by atoms with Crippen LogP contribution in [0.5, 0.6) is 11.5 Å². The minimum Gasteiger partial charge on any atom is -0.496 e. The zero-order valence-electron chi connectivity index (χ0n) is 25.4. The van der Waals surface area contributed by atoms with Crippen LogP contribution in [0.1, 0.15) is 88.4 Å². The van der Waals surface area contributed by atoms with Gasteiger partial charge >= 0.3 is 0 Å². The normalized spacial score (nSPS) is 12.3. The molecule has 0 bridgehead atoms. The summed E-state index contributed by atoms with van der Waals surface area (Å²) in [4.78, 5) is 38.9. The molecule has 7 nitrogen and oxygen atoms in total. The van der Waals surface area contributed by atoms with Crippen molar-refractivity contribution >= 4 is 23.3 Å². The van der Waals surface area contributed by atoms with Crippen LogP contribution in [0.2, 0.25) is 0 Å². The van der Waals surface area contributed by atoms with Crippen LogP contribution in [0.4, 0.5) is 5.69 Å². The van der Waals surface area contributed by atoms with E-state index in [1.807, 2.05) is 18.2 Å². The highest BCUT2D eigenvalue weighted by Gasteiger charge is 2.29. The van der Waals surface area contributed by atoms with Crippen molar-refractivity contribution in [3.63, 3.8) is 0 Å². The molecule has 0 aliphatic heterocycles. The van der Waals surface area contributed by atoms with Crippen molar-refractivity contribution in [2.24, 2.45) is 0 Å². The van der Waals surface area contributed by atoms with Crippen LogP contribution >= 0.6 is 0 Å². The molecule has 1 atom stereocenters. The number of hydrogen-bond acceptors (Lipinski definition) is 5. The quantitative estimate of drug-likeness (QED) is 0.189. The second kappa shape index (κ2) is 13.0. The van der Waals surface area contributed by atoms with Crippen molar-refractivity contribution in [2.75, 3.05) is 12.4 Å². The first-order valence-electron chi connectivity index (χ1n) is 14.0. The van der Waals surface area contributed by atoms with Gasteiger partial charge in [0.25, 0.3) is 12.1 Å². The number of carbonyl (C=O) groups is 3. The van der Waals surface area contributed by atoms with E-state index in [-0.39, 0.29) is 27.9 Å². The lowest BCUT2D eigenvalue weighted by molar-refractivity contribution is -0.131. The number of rotatable bonds is 12. The van der Waals surface area contributed by atoms with Crippen molar-refractivity contribution in [2.45, 2.75) is 78.4 Å². The number of anilines is 1. The maximum absolute atomic E-state index is 13.6. The summed E-state index contributed by atoms with van der Waals surface area (Å²) >= 11 is 0. The average molecular weight is 559 g/mol. The molecule has 2 amide bonds. The summed E-state index contributed by atoms with van der Waals surface area (Å²) in [6, 6.07) is 19.7. The van der Waals surface area contributed by atoms with Gasteiger partial charge in [-0.1, -0.05) is 84.0 Å². The standard InChI is InChI=1S/C34H42N2O5/c1-9-33(4,5)24-16-18-28(27(20-24)34(6,7)10-2)36-31(39)32(35-22(3)37)41-25-17-19-29(40-8)26(21-25)30(38)23-14-12-11-13-15-23/h11-21,32H,9-10H2,1-8H3,(H,35,37)(H,36,39). The molecule has 0 saturated carbocycles. The number of methoxy groups -OCH3 is 1. The topological polar surface area (TPSA) is 93.7 Å². The molecular formula is C34H42N2O5. The van der Waals surface area contributed by atoms with Gasteiger partial charge in [-0.2, -0.15) is 0 Å². The Morgan fingerprint density at radius 3 is 2.10 bits per heavy atom. The lowest BCUT2D eigenvalue weighted by Crippen LogP contribution is -2.47. The van der Waals surface area contributed by atoms with Gasteiger partial charge in [-0.05, 0) is 59.1 Å². The van der Waals surface area contributed by atoms with E-state index in [0.29, 0.717) is 17.0 Å². The predicted molar refractivity (Wildman–Crippen MR) is 163 cm³/mol. The number of carbonyl (C=O) groups excluding carboxylic acids is 3. The van der Waals surface area contributed by atoms with Crippen molar-refractivity contribution < 1.29 is 23.9 Å². The van der Waals surface area contributed by atoms with Gasteiger partial charge in [-0.15, -0.1) is 0 Å². The number of hydrogen-bond donors (Lipinski definition) is 2. The molecule has 7 heteroatoms. The Hall–Kier alpha value is -4.13. The van der Waals surface area contributed by atoms with Gasteiger partial charge in [0.2, 0.25) is 5.91 Å². The van der Waals surface area contributed by atoms with Crippen LogP contribution < -0.4 is 20.1 Å². The molecular weight excluding hydrogens is 516 g/mol. The van der Waals surface area contributed by atoms with Crippen LogP contribution in [-0.2, 0) is 20.4 Å². The molecule has 0 saturated heterocycles. The first-order valence-corrected chi connectivity index (χ1v) is 14.0. The summed E-state index contributed by atoms with van der Waals surface area (Å²) in [7, 11) is 1.48. The Morgan fingerprint density at radius 1 is 0.854 bits per heavy atom. The summed E-state index contributed by atoms with van der Waals surface area (Å²) in [5, 5.41) is 5.57. The monoisotopic (exact) mass is 558 g/mol. The molecule has 0 spiro atoms. The van der Waals surface area contributed by atoms with Crippen molar-refractivity contribution in [3.05, 3.63) is 89.0 Å². The van der Waals surface area contributed by atoms with Crippen LogP contribution in [0.15, 0.2) is 66.7 Å². The van der Waals surface area contributed by atoms with E-state index in [9.17, 15) is 14.4 Å². The molecule has 0 heterocycles. The molecule has 0 aliphatic carbocycles. The number of benzene rings is 3. The Balaban J connectivity index is 1.96. The summed E-state index contributed by atoms with van der Waals surface area (Å²) in [6.07, 6.45) is 0.492. The first-order chi connectivity index (χ1) is 19.3. The fourth-order valence-corrected chi connectivity index (χ4v) is 4.38. The minimum atomic E-state index is -1.34. The molecule has 0 aromatic heterocycles. The van der Waals surface area contributed by atoms with Gasteiger partial charge in [0, 0.05) is 18.2 Å². The summed E-state index contributed by atoms with van der Waals surface area (Å²) in [5.74, 6) is -0.632. The van der Waals surface area contributed by atoms with Gasteiger partial charge in [0.1, 0.15) is 11.5 Å². The zero-order valence-corrected chi connectivity index (χ0v) is 25.4. The van der Waals surface area contributed by atoms with E-state index in [2.05, 4.69) is 58.2 Å². The maximum atomic E-state index is 13.6. The van der Waals surface area contributed by atoms with Crippen LogP contribution in [0, 0.1) is 0 Å². The number of amides is 2. The summed E-state index contributed by atoms with van der Waals surface area (Å²) in [6.45, 7) is 14.3. The third-order valence-corrected chi connectivity index (χ3v) is 7.83. The van der Waals surface area contributed by atoms with Crippen molar-refractivity contribution in [1.82, 2.24) is 5.32 Å². The van der Waals surface area contributed by atoms with Crippen LogP contribution in [-0.4, -0.2) is 30.9 Å². The number of ether oxygens (including phenoxy) is 2. The van der Waals surface area contributed by atoms with E-state index in [4.69, 9.17) is 9.47 Å². The molecule has 3 rings (SSSR count). The van der Waals surface area contributed by atoms with E-state index in [1.165, 1.54) is 25.7 Å².